The number of carboxylic acid groups (broad SMARTS) is 1. The minimum atomic E-state index is -1.01. The smallest absolute Gasteiger partial charge is 0.303 e. The van der Waals surface area contributed by atoms with E-state index in [9.17, 15) is 24.0 Å². The number of rotatable bonds is 5. The molecule has 0 radical (unpaired) electrons. The number of benzene rings is 1. The fraction of sp³-hybridized carbons (Fsp3) is 0.214. The molecule has 8 heteroatoms. The molecule has 1 aromatic carbocycles. The lowest BCUT2D eigenvalue weighted by molar-refractivity contribution is -0.137. The Morgan fingerprint density at radius 3 is 2.45 bits per heavy atom. The number of nitrogens with one attached hydrogen (secondary N) is 2. The van der Waals surface area contributed by atoms with E-state index in [1.54, 1.807) is 0 Å². The van der Waals surface area contributed by atoms with Crippen LogP contribution >= 0.6 is 0 Å². The standard InChI is InChI=1S/C14H12N2O6/c17-10(2-1-3-11(18)19)15-7-4-5-8-9(6-7)12(20)14(22)16-13(8)21/h4-6H,1-3H2,(H,15,17)(H,18,19)(H,16,21,22). The van der Waals surface area contributed by atoms with E-state index in [1.165, 1.54) is 18.2 Å². The molecule has 3 N–H and O–H groups in total. The van der Waals surface area contributed by atoms with E-state index in [-0.39, 0.29) is 36.1 Å². The van der Waals surface area contributed by atoms with Gasteiger partial charge in [0.2, 0.25) is 5.91 Å². The maximum Gasteiger partial charge on any atom is 0.303 e. The summed E-state index contributed by atoms with van der Waals surface area (Å²) in [5.74, 6) is -3.94. The van der Waals surface area contributed by atoms with Gasteiger partial charge in [0, 0.05) is 24.1 Å². The Labute approximate surface area is 124 Å². The average molecular weight is 304 g/mol. The zero-order valence-corrected chi connectivity index (χ0v) is 11.3. The Hall–Kier alpha value is -3.03. The van der Waals surface area contributed by atoms with Crippen molar-refractivity contribution in [1.29, 1.82) is 0 Å². The van der Waals surface area contributed by atoms with Crippen molar-refractivity contribution < 1.29 is 29.1 Å². The van der Waals surface area contributed by atoms with Crippen LogP contribution in [0.1, 0.15) is 40.0 Å². The third-order valence-corrected chi connectivity index (χ3v) is 3.02. The summed E-state index contributed by atoms with van der Waals surface area (Å²) in [5, 5.41) is 12.9. The number of fused-ring (bicyclic) bond motifs is 1. The van der Waals surface area contributed by atoms with Crippen LogP contribution in [0.2, 0.25) is 0 Å². The van der Waals surface area contributed by atoms with Crippen LogP contribution in [0.4, 0.5) is 5.69 Å². The van der Waals surface area contributed by atoms with E-state index in [2.05, 4.69) is 5.32 Å². The number of carboxylic acids is 1. The Morgan fingerprint density at radius 1 is 1.05 bits per heavy atom. The van der Waals surface area contributed by atoms with Crippen molar-refractivity contribution >= 4 is 35.2 Å². The van der Waals surface area contributed by atoms with Crippen LogP contribution in [0.5, 0.6) is 0 Å². The van der Waals surface area contributed by atoms with Crippen LogP contribution in [0.25, 0.3) is 0 Å². The molecule has 0 aliphatic carbocycles. The Morgan fingerprint density at radius 2 is 1.77 bits per heavy atom. The molecule has 1 aliphatic heterocycles. The van der Waals surface area contributed by atoms with E-state index >= 15 is 0 Å². The highest BCUT2D eigenvalue weighted by atomic mass is 16.4. The van der Waals surface area contributed by atoms with E-state index in [4.69, 9.17) is 5.11 Å². The maximum atomic E-state index is 11.7. The van der Waals surface area contributed by atoms with Crippen LogP contribution < -0.4 is 10.6 Å². The molecule has 0 unspecified atom stereocenters. The number of carbonyl (C=O) groups excluding carboxylic acids is 4. The van der Waals surface area contributed by atoms with Crippen molar-refractivity contribution in [2.24, 2.45) is 0 Å². The molecule has 2 rings (SSSR count). The number of imide groups is 1. The number of anilines is 1. The second kappa shape index (κ2) is 6.17. The van der Waals surface area contributed by atoms with Gasteiger partial charge in [0.15, 0.2) is 0 Å². The maximum absolute atomic E-state index is 11.7. The lowest BCUT2D eigenvalue weighted by Gasteiger charge is -2.15. The summed E-state index contributed by atoms with van der Waals surface area (Å²) >= 11 is 0. The van der Waals surface area contributed by atoms with Crippen LogP contribution in [0, 0.1) is 0 Å². The van der Waals surface area contributed by atoms with Crippen molar-refractivity contribution in [3.8, 4) is 0 Å². The summed E-state index contributed by atoms with van der Waals surface area (Å²) in [6.07, 6.45) is 0.0768. The first kappa shape index (κ1) is 15.4. The Balaban J connectivity index is 2.09. The minimum absolute atomic E-state index is 0.0107. The average Bonchev–Trinajstić information content (AvgIpc) is 2.44. The highest BCUT2D eigenvalue weighted by Crippen LogP contribution is 2.20. The number of amides is 3. The van der Waals surface area contributed by atoms with E-state index in [1.807, 2.05) is 5.32 Å². The topological polar surface area (TPSA) is 130 Å². The molecule has 1 aromatic rings. The summed E-state index contributed by atoms with van der Waals surface area (Å²) in [6, 6.07) is 4.02. The molecule has 0 spiro atoms. The third kappa shape index (κ3) is 3.35. The molecular formula is C14H12N2O6. The van der Waals surface area contributed by atoms with E-state index < -0.39 is 29.5 Å². The van der Waals surface area contributed by atoms with Gasteiger partial charge in [0.1, 0.15) is 0 Å². The lowest BCUT2D eigenvalue weighted by Crippen LogP contribution is -2.42. The van der Waals surface area contributed by atoms with Gasteiger partial charge in [-0.3, -0.25) is 29.3 Å². The number of Topliss-reactive ketones (excluding diaryl/α,β-unsaturated/α-hetero) is 1. The number of carbonyl (C=O) groups is 5. The zero-order valence-electron chi connectivity index (χ0n) is 11.3. The molecule has 0 atom stereocenters. The van der Waals surface area contributed by atoms with Crippen molar-refractivity contribution in [1.82, 2.24) is 5.32 Å². The minimum Gasteiger partial charge on any atom is -0.481 e. The number of hydrogen-bond donors (Lipinski definition) is 3. The van der Waals surface area contributed by atoms with Crippen LogP contribution in [0.3, 0.4) is 0 Å². The van der Waals surface area contributed by atoms with Gasteiger partial charge in [-0.25, -0.2) is 0 Å². The van der Waals surface area contributed by atoms with Gasteiger partial charge in [-0.1, -0.05) is 0 Å². The molecule has 114 valence electrons. The molecular weight excluding hydrogens is 292 g/mol. The number of ketones is 1. The van der Waals surface area contributed by atoms with Crippen molar-refractivity contribution in [3.05, 3.63) is 29.3 Å². The second-order valence-corrected chi connectivity index (χ2v) is 4.67. The van der Waals surface area contributed by atoms with Gasteiger partial charge in [-0.2, -0.15) is 0 Å². The first-order valence-electron chi connectivity index (χ1n) is 6.44. The van der Waals surface area contributed by atoms with Gasteiger partial charge in [0.05, 0.1) is 5.56 Å². The molecule has 3 amide bonds. The molecule has 8 nitrogen and oxygen atoms in total. The lowest BCUT2D eigenvalue weighted by atomic mass is 9.98. The molecule has 0 bridgehead atoms. The zero-order chi connectivity index (χ0) is 16.3. The molecule has 0 fully saturated rings. The molecule has 1 heterocycles. The summed E-state index contributed by atoms with van der Waals surface area (Å²) in [6.45, 7) is 0. The van der Waals surface area contributed by atoms with Crippen LogP contribution in [-0.2, 0) is 14.4 Å². The fourth-order valence-electron chi connectivity index (χ4n) is 1.98. The monoisotopic (exact) mass is 304 g/mol. The van der Waals surface area contributed by atoms with E-state index in [0.29, 0.717) is 0 Å². The van der Waals surface area contributed by atoms with E-state index in [0.717, 1.165) is 0 Å². The second-order valence-electron chi connectivity index (χ2n) is 4.67. The molecule has 0 aromatic heterocycles. The molecule has 22 heavy (non-hydrogen) atoms. The molecule has 1 aliphatic rings. The van der Waals surface area contributed by atoms with Crippen molar-refractivity contribution in [3.63, 3.8) is 0 Å². The predicted molar refractivity (Wildman–Crippen MR) is 73.4 cm³/mol. The SMILES string of the molecule is O=C(O)CCCC(=O)Nc1ccc2c(c1)C(=O)C(=O)NC2=O. The first-order valence-corrected chi connectivity index (χ1v) is 6.44. The van der Waals surface area contributed by atoms with Gasteiger partial charge in [-0.15, -0.1) is 0 Å². The van der Waals surface area contributed by atoms with Gasteiger partial charge >= 0.3 is 5.97 Å². The normalized spacial score (nSPS) is 13.4. The predicted octanol–water partition coefficient (Wildman–Crippen LogP) is 0.333. The van der Waals surface area contributed by atoms with Crippen LogP contribution in [-0.4, -0.2) is 34.6 Å². The Bertz CT molecular complexity index is 695. The van der Waals surface area contributed by atoms with Gasteiger partial charge in [0.25, 0.3) is 17.6 Å². The summed E-state index contributed by atoms with van der Waals surface area (Å²) in [4.78, 5) is 56.5. The third-order valence-electron chi connectivity index (χ3n) is 3.02. The van der Waals surface area contributed by atoms with Gasteiger partial charge < -0.3 is 10.4 Å². The van der Waals surface area contributed by atoms with Crippen LogP contribution in [0.15, 0.2) is 18.2 Å². The summed E-state index contributed by atoms with van der Waals surface area (Å²) in [7, 11) is 0. The van der Waals surface area contributed by atoms with Crippen molar-refractivity contribution in [2.75, 3.05) is 5.32 Å². The number of hydrogen-bond acceptors (Lipinski definition) is 5. The molecule has 0 saturated carbocycles. The summed E-state index contributed by atoms with van der Waals surface area (Å²) in [5.41, 5.74) is 0.250. The first-order chi connectivity index (χ1) is 10.4. The van der Waals surface area contributed by atoms with Gasteiger partial charge in [-0.05, 0) is 24.6 Å². The highest BCUT2D eigenvalue weighted by molar-refractivity contribution is 6.49. The summed E-state index contributed by atoms with van der Waals surface area (Å²) < 4.78 is 0. The molecule has 0 saturated heterocycles. The Kier molecular flexibility index (Phi) is 4.31. The fourth-order valence-corrected chi connectivity index (χ4v) is 1.98. The highest BCUT2D eigenvalue weighted by Gasteiger charge is 2.30. The number of aliphatic carboxylic acids is 1. The van der Waals surface area contributed by atoms with Crippen molar-refractivity contribution in [2.45, 2.75) is 19.3 Å². The largest absolute Gasteiger partial charge is 0.481 e. The quantitative estimate of drug-likeness (QED) is 0.531.